The summed E-state index contributed by atoms with van der Waals surface area (Å²) in [5.41, 5.74) is 2.93. The Morgan fingerprint density at radius 2 is 2.15 bits per heavy atom. The van der Waals surface area contributed by atoms with Crippen LogP contribution in [0.3, 0.4) is 0 Å². The van der Waals surface area contributed by atoms with Gasteiger partial charge in [-0.3, -0.25) is 4.79 Å². The number of carbonyl (C=O) groups excluding carboxylic acids is 1. The van der Waals surface area contributed by atoms with Gasteiger partial charge in [0.2, 0.25) is 5.91 Å². The van der Waals surface area contributed by atoms with Gasteiger partial charge >= 0.3 is 0 Å². The minimum Gasteiger partial charge on any atom is -0.325 e. The lowest BCUT2D eigenvalue weighted by Crippen LogP contribution is -2.23. The maximum Gasteiger partial charge on any atom is 0.242 e. The fourth-order valence-corrected chi connectivity index (χ4v) is 2.69. The predicted octanol–water partition coefficient (Wildman–Crippen LogP) is 3.69. The van der Waals surface area contributed by atoms with E-state index in [0.29, 0.717) is 6.42 Å². The zero-order valence-electron chi connectivity index (χ0n) is 11.5. The summed E-state index contributed by atoms with van der Waals surface area (Å²) in [6, 6.07) is 11.7. The fraction of sp³-hybridized carbons (Fsp3) is 0.250. The van der Waals surface area contributed by atoms with Gasteiger partial charge in [-0.05, 0) is 42.5 Å². The average Bonchev–Trinajstić information content (AvgIpc) is 2.94. The van der Waals surface area contributed by atoms with E-state index in [2.05, 4.69) is 11.4 Å². The molecule has 0 saturated heterocycles. The minimum absolute atomic E-state index is 0.241. The Morgan fingerprint density at radius 1 is 1.35 bits per heavy atom. The van der Waals surface area contributed by atoms with E-state index in [1.807, 2.05) is 49.6 Å². The Kier molecular flexibility index (Phi) is 4.54. The standard InChI is InChI=1S/C16H16N2OS/c1-11-5-3-7-15(12(11)2)18-16(19)13(10-17)9-14-6-4-8-20-14/h3-8,13H,9H2,1-2H3,(H,18,19)/t13-/m0/s1. The summed E-state index contributed by atoms with van der Waals surface area (Å²) in [7, 11) is 0. The largest absolute Gasteiger partial charge is 0.325 e. The van der Waals surface area contributed by atoms with Gasteiger partial charge in [0.1, 0.15) is 5.92 Å². The first kappa shape index (κ1) is 14.3. The van der Waals surface area contributed by atoms with Crippen LogP contribution in [0.25, 0.3) is 0 Å². The maximum absolute atomic E-state index is 12.2. The first-order valence-electron chi connectivity index (χ1n) is 6.41. The second-order valence-corrected chi connectivity index (χ2v) is 5.73. The average molecular weight is 284 g/mol. The number of aryl methyl sites for hydroxylation is 1. The molecule has 1 aromatic heterocycles. The highest BCUT2D eigenvalue weighted by molar-refractivity contribution is 7.09. The molecule has 20 heavy (non-hydrogen) atoms. The first-order chi connectivity index (χ1) is 9.61. The van der Waals surface area contributed by atoms with Crippen LogP contribution < -0.4 is 5.32 Å². The Bertz CT molecular complexity index is 641. The predicted molar refractivity (Wildman–Crippen MR) is 81.7 cm³/mol. The highest BCUT2D eigenvalue weighted by atomic mass is 32.1. The molecule has 0 unspecified atom stereocenters. The quantitative estimate of drug-likeness (QED) is 0.931. The summed E-state index contributed by atoms with van der Waals surface area (Å²) >= 11 is 1.56. The maximum atomic E-state index is 12.2. The number of hydrogen-bond donors (Lipinski definition) is 1. The highest BCUT2D eigenvalue weighted by Gasteiger charge is 2.19. The van der Waals surface area contributed by atoms with Crippen LogP contribution in [0.2, 0.25) is 0 Å². The van der Waals surface area contributed by atoms with Gasteiger partial charge in [-0.15, -0.1) is 11.3 Å². The van der Waals surface area contributed by atoms with Crippen LogP contribution >= 0.6 is 11.3 Å². The van der Waals surface area contributed by atoms with Crippen molar-refractivity contribution in [1.82, 2.24) is 0 Å². The molecule has 0 aliphatic carbocycles. The molecule has 1 atom stereocenters. The molecule has 0 aliphatic heterocycles. The van der Waals surface area contributed by atoms with Crippen molar-refractivity contribution in [3.63, 3.8) is 0 Å². The Balaban J connectivity index is 2.10. The number of amides is 1. The fourth-order valence-electron chi connectivity index (χ4n) is 1.93. The van der Waals surface area contributed by atoms with E-state index in [4.69, 9.17) is 0 Å². The van der Waals surface area contributed by atoms with Gasteiger partial charge in [-0.2, -0.15) is 5.26 Å². The van der Waals surface area contributed by atoms with Crippen molar-refractivity contribution in [3.05, 3.63) is 51.7 Å². The molecular weight excluding hydrogens is 268 g/mol. The molecule has 4 heteroatoms. The summed E-state index contributed by atoms with van der Waals surface area (Å²) in [6.45, 7) is 3.96. The third-order valence-electron chi connectivity index (χ3n) is 3.32. The van der Waals surface area contributed by atoms with Crippen LogP contribution in [0.15, 0.2) is 35.7 Å². The lowest BCUT2D eigenvalue weighted by molar-refractivity contribution is -0.118. The molecule has 3 nitrogen and oxygen atoms in total. The summed E-state index contributed by atoms with van der Waals surface area (Å²) < 4.78 is 0. The molecule has 0 aliphatic rings. The van der Waals surface area contributed by atoms with Crippen LogP contribution in [0.4, 0.5) is 5.69 Å². The minimum atomic E-state index is -0.659. The second-order valence-electron chi connectivity index (χ2n) is 4.70. The van der Waals surface area contributed by atoms with Crippen molar-refractivity contribution in [2.24, 2.45) is 5.92 Å². The number of nitrogens with zero attached hydrogens (tertiary/aromatic N) is 1. The molecule has 0 saturated carbocycles. The number of benzene rings is 1. The molecule has 0 fully saturated rings. The van der Waals surface area contributed by atoms with E-state index in [1.165, 1.54) is 0 Å². The van der Waals surface area contributed by atoms with E-state index in [9.17, 15) is 10.1 Å². The number of anilines is 1. The Hall–Kier alpha value is -2.12. The SMILES string of the molecule is Cc1cccc(NC(=O)[C@H](C#N)Cc2cccs2)c1C. The van der Waals surface area contributed by atoms with Crippen LogP contribution in [0.5, 0.6) is 0 Å². The van der Waals surface area contributed by atoms with Crippen LogP contribution in [-0.2, 0) is 11.2 Å². The van der Waals surface area contributed by atoms with Crippen LogP contribution in [0.1, 0.15) is 16.0 Å². The van der Waals surface area contributed by atoms with Gasteiger partial charge in [-0.1, -0.05) is 18.2 Å². The van der Waals surface area contributed by atoms with E-state index in [-0.39, 0.29) is 5.91 Å². The van der Waals surface area contributed by atoms with Crippen LogP contribution in [-0.4, -0.2) is 5.91 Å². The number of thiophene rings is 1. The molecule has 1 heterocycles. The molecule has 0 radical (unpaired) electrons. The third-order valence-corrected chi connectivity index (χ3v) is 4.22. The van der Waals surface area contributed by atoms with E-state index in [1.54, 1.807) is 11.3 Å². The highest BCUT2D eigenvalue weighted by Crippen LogP contribution is 2.20. The van der Waals surface area contributed by atoms with Crippen molar-refractivity contribution in [2.75, 3.05) is 5.32 Å². The van der Waals surface area contributed by atoms with Gasteiger partial charge < -0.3 is 5.32 Å². The van der Waals surface area contributed by atoms with Gasteiger partial charge in [0, 0.05) is 17.0 Å². The third kappa shape index (κ3) is 3.25. The van der Waals surface area contributed by atoms with E-state index < -0.39 is 5.92 Å². The Labute approximate surface area is 122 Å². The molecule has 1 aromatic carbocycles. The molecule has 2 rings (SSSR count). The van der Waals surface area contributed by atoms with Gasteiger partial charge in [-0.25, -0.2) is 0 Å². The number of rotatable bonds is 4. The van der Waals surface area contributed by atoms with Crippen molar-refractivity contribution in [3.8, 4) is 6.07 Å². The topological polar surface area (TPSA) is 52.9 Å². The summed E-state index contributed by atoms with van der Waals surface area (Å²) in [5.74, 6) is -0.900. The van der Waals surface area contributed by atoms with Gasteiger partial charge in [0.05, 0.1) is 6.07 Å². The van der Waals surface area contributed by atoms with Gasteiger partial charge in [0.15, 0.2) is 0 Å². The second kappa shape index (κ2) is 6.36. The van der Waals surface area contributed by atoms with Crippen molar-refractivity contribution in [1.29, 1.82) is 5.26 Å². The Morgan fingerprint density at radius 3 is 2.80 bits per heavy atom. The smallest absolute Gasteiger partial charge is 0.242 e. The first-order valence-corrected chi connectivity index (χ1v) is 7.29. The van der Waals surface area contributed by atoms with E-state index in [0.717, 1.165) is 21.7 Å². The van der Waals surface area contributed by atoms with Crippen molar-refractivity contribution >= 4 is 22.9 Å². The summed E-state index contributed by atoms with van der Waals surface area (Å²) in [6.07, 6.45) is 0.463. The lowest BCUT2D eigenvalue weighted by Gasteiger charge is -2.12. The van der Waals surface area contributed by atoms with Gasteiger partial charge in [0.25, 0.3) is 0 Å². The van der Waals surface area contributed by atoms with E-state index >= 15 is 0 Å². The lowest BCUT2D eigenvalue weighted by atomic mass is 10.0. The number of nitriles is 1. The molecule has 2 aromatic rings. The molecule has 1 N–H and O–H groups in total. The number of carbonyl (C=O) groups is 1. The molecule has 0 bridgehead atoms. The molecule has 1 amide bonds. The normalized spacial score (nSPS) is 11.7. The van der Waals surface area contributed by atoms with Crippen molar-refractivity contribution in [2.45, 2.75) is 20.3 Å². The number of hydrogen-bond acceptors (Lipinski definition) is 3. The number of nitrogens with one attached hydrogen (secondary N) is 1. The monoisotopic (exact) mass is 284 g/mol. The zero-order valence-corrected chi connectivity index (χ0v) is 12.3. The zero-order chi connectivity index (χ0) is 14.5. The van der Waals surface area contributed by atoms with Crippen LogP contribution in [0, 0.1) is 31.1 Å². The summed E-state index contributed by atoms with van der Waals surface area (Å²) in [5, 5.41) is 14.0. The molecule has 0 spiro atoms. The molecule has 102 valence electrons. The van der Waals surface area contributed by atoms with Crippen molar-refractivity contribution < 1.29 is 4.79 Å². The summed E-state index contributed by atoms with van der Waals surface area (Å²) in [4.78, 5) is 13.3. The molecular formula is C16H16N2OS.